The van der Waals surface area contributed by atoms with Gasteiger partial charge in [-0.1, -0.05) is 6.92 Å². The third kappa shape index (κ3) is 5.49. The van der Waals surface area contributed by atoms with Crippen LogP contribution in [0, 0.1) is 5.92 Å². The molecule has 0 aromatic rings. The maximum atomic E-state index is 5.33. The van der Waals surface area contributed by atoms with Gasteiger partial charge in [-0.3, -0.25) is 11.3 Å². The molecule has 0 rings (SSSR count). The summed E-state index contributed by atoms with van der Waals surface area (Å²) in [6, 6.07) is 0.222. The highest BCUT2D eigenvalue weighted by Crippen LogP contribution is 2.05. The molecular weight excluding hydrogens is 156 g/mol. The van der Waals surface area contributed by atoms with Crippen molar-refractivity contribution in [3.05, 3.63) is 0 Å². The SMILES string of the molecule is COCC(C)CC(COC)NN. The van der Waals surface area contributed by atoms with Gasteiger partial charge in [0, 0.05) is 26.9 Å². The minimum atomic E-state index is 0.222. The van der Waals surface area contributed by atoms with E-state index in [1.54, 1.807) is 14.2 Å². The van der Waals surface area contributed by atoms with Gasteiger partial charge in [-0.2, -0.15) is 0 Å². The summed E-state index contributed by atoms with van der Waals surface area (Å²) >= 11 is 0. The van der Waals surface area contributed by atoms with E-state index in [2.05, 4.69) is 12.3 Å². The van der Waals surface area contributed by atoms with E-state index in [1.165, 1.54) is 0 Å². The maximum Gasteiger partial charge on any atom is 0.0629 e. The lowest BCUT2D eigenvalue weighted by Crippen LogP contribution is -2.40. The fourth-order valence-electron chi connectivity index (χ4n) is 1.22. The Morgan fingerprint density at radius 3 is 2.25 bits per heavy atom. The van der Waals surface area contributed by atoms with E-state index >= 15 is 0 Å². The van der Waals surface area contributed by atoms with Crippen LogP contribution < -0.4 is 11.3 Å². The van der Waals surface area contributed by atoms with Crippen molar-refractivity contribution in [2.75, 3.05) is 27.4 Å². The van der Waals surface area contributed by atoms with Gasteiger partial charge >= 0.3 is 0 Å². The van der Waals surface area contributed by atoms with Gasteiger partial charge in [0.15, 0.2) is 0 Å². The standard InChI is InChI=1S/C8H20N2O2/c1-7(5-11-2)4-8(10-9)6-12-3/h7-8,10H,4-6,9H2,1-3H3. The van der Waals surface area contributed by atoms with Gasteiger partial charge in [-0.15, -0.1) is 0 Å². The second-order valence-electron chi connectivity index (χ2n) is 3.12. The van der Waals surface area contributed by atoms with E-state index in [0.717, 1.165) is 13.0 Å². The highest BCUT2D eigenvalue weighted by atomic mass is 16.5. The van der Waals surface area contributed by atoms with Crippen molar-refractivity contribution in [1.29, 1.82) is 0 Å². The fourth-order valence-corrected chi connectivity index (χ4v) is 1.22. The third-order valence-electron chi connectivity index (χ3n) is 1.74. The molecular formula is C8H20N2O2. The van der Waals surface area contributed by atoms with Crippen molar-refractivity contribution in [3.63, 3.8) is 0 Å². The summed E-state index contributed by atoms with van der Waals surface area (Å²) in [6.45, 7) is 3.54. The molecule has 0 saturated carbocycles. The first-order valence-corrected chi connectivity index (χ1v) is 4.18. The van der Waals surface area contributed by atoms with Gasteiger partial charge in [0.05, 0.1) is 6.61 Å². The van der Waals surface area contributed by atoms with Crippen molar-refractivity contribution in [1.82, 2.24) is 5.43 Å². The molecule has 4 heteroatoms. The van der Waals surface area contributed by atoms with E-state index in [-0.39, 0.29) is 6.04 Å². The first-order chi connectivity index (χ1) is 5.74. The molecule has 0 spiro atoms. The van der Waals surface area contributed by atoms with Crippen LogP contribution in [0.25, 0.3) is 0 Å². The molecule has 0 aromatic heterocycles. The second kappa shape index (κ2) is 7.49. The van der Waals surface area contributed by atoms with E-state index < -0.39 is 0 Å². The Kier molecular flexibility index (Phi) is 7.39. The minimum Gasteiger partial charge on any atom is -0.384 e. The highest BCUT2D eigenvalue weighted by Gasteiger charge is 2.10. The Bertz CT molecular complexity index is 101. The molecule has 0 aliphatic carbocycles. The van der Waals surface area contributed by atoms with Crippen LogP contribution in [0.4, 0.5) is 0 Å². The lowest BCUT2D eigenvalue weighted by Gasteiger charge is -2.18. The summed E-state index contributed by atoms with van der Waals surface area (Å²) in [5, 5.41) is 0. The van der Waals surface area contributed by atoms with Crippen molar-refractivity contribution >= 4 is 0 Å². The molecule has 0 aliphatic heterocycles. The molecule has 0 heterocycles. The predicted octanol–water partition coefficient (Wildman–Crippen LogP) is 0.137. The number of hydrazine groups is 1. The number of hydrogen-bond acceptors (Lipinski definition) is 4. The molecule has 4 nitrogen and oxygen atoms in total. The molecule has 2 atom stereocenters. The highest BCUT2D eigenvalue weighted by molar-refractivity contribution is 4.66. The number of ether oxygens (including phenoxy) is 2. The molecule has 0 fully saturated rings. The normalized spacial score (nSPS) is 16.0. The van der Waals surface area contributed by atoms with E-state index in [9.17, 15) is 0 Å². The summed E-state index contributed by atoms with van der Waals surface area (Å²) in [7, 11) is 3.38. The van der Waals surface area contributed by atoms with Gasteiger partial charge in [-0.25, -0.2) is 0 Å². The molecule has 74 valence electrons. The molecule has 0 bridgehead atoms. The Labute approximate surface area is 74.4 Å². The summed E-state index contributed by atoms with van der Waals surface area (Å²) in [5.41, 5.74) is 2.71. The summed E-state index contributed by atoms with van der Waals surface area (Å²) < 4.78 is 10.0. The quantitative estimate of drug-likeness (QED) is 0.428. The van der Waals surface area contributed by atoms with Crippen LogP contribution in [0.2, 0.25) is 0 Å². The number of nitrogens with one attached hydrogen (secondary N) is 1. The average Bonchev–Trinajstić information content (AvgIpc) is 2.04. The van der Waals surface area contributed by atoms with Crippen molar-refractivity contribution in [2.45, 2.75) is 19.4 Å². The number of rotatable bonds is 7. The van der Waals surface area contributed by atoms with Crippen LogP contribution >= 0.6 is 0 Å². The van der Waals surface area contributed by atoms with Gasteiger partial charge in [0.2, 0.25) is 0 Å². The lowest BCUT2D eigenvalue weighted by atomic mass is 10.0. The fraction of sp³-hybridized carbons (Fsp3) is 1.00. The molecule has 3 N–H and O–H groups in total. The van der Waals surface area contributed by atoms with E-state index in [0.29, 0.717) is 12.5 Å². The van der Waals surface area contributed by atoms with E-state index in [1.807, 2.05) is 0 Å². The van der Waals surface area contributed by atoms with Gasteiger partial charge in [0.1, 0.15) is 0 Å². The maximum absolute atomic E-state index is 5.33. The molecule has 12 heavy (non-hydrogen) atoms. The van der Waals surface area contributed by atoms with Crippen molar-refractivity contribution < 1.29 is 9.47 Å². The zero-order valence-electron chi connectivity index (χ0n) is 8.17. The summed E-state index contributed by atoms with van der Waals surface area (Å²) in [4.78, 5) is 0. The first kappa shape index (κ1) is 11.8. The van der Waals surface area contributed by atoms with Crippen LogP contribution in [0.15, 0.2) is 0 Å². The van der Waals surface area contributed by atoms with Crippen LogP contribution in [-0.4, -0.2) is 33.5 Å². The Hall–Kier alpha value is -0.160. The van der Waals surface area contributed by atoms with Crippen LogP contribution in [0.5, 0.6) is 0 Å². The van der Waals surface area contributed by atoms with Crippen LogP contribution in [0.3, 0.4) is 0 Å². The minimum absolute atomic E-state index is 0.222. The molecule has 2 unspecified atom stereocenters. The molecule has 0 saturated heterocycles. The lowest BCUT2D eigenvalue weighted by molar-refractivity contribution is 0.123. The number of methoxy groups -OCH3 is 2. The van der Waals surface area contributed by atoms with Crippen LogP contribution in [-0.2, 0) is 9.47 Å². The average molecular weight is 176 g/mol. The topological polar surface area (TPSA) is 56.5 Å². The van der Waals surface area contributed by atoms with Gasteiger partial charge < -0.3 is 9.47 Å². The molecule has 0 aromatic carbocycles. The largest absolute Gasteiger partial charge is 0.384 e. The molecule has 0 radical (unpaired) electrons. The van der Waals surface area contributed by atoms with Crippen molar-refractivity contribution in [3.8, 4) is 0 Å². The number of nitrogens with two attached hydrogens (primary N) is 1. The number of hydrogen-bond donors (Lipinski definition) is 2. The van der Waals surface area contributed by atoms with Crippen LogP contribution in [0.1, 0.15) is 13.3 Å². The summed E-state index contributed by atoms with van der Waals surface area (Å²) in [5.74, 6) is 5.84. The smallest absolute Gasteiger partial charge is 0.0629 e. The Morgan fingerprint density at radius 1 is 1.25 bits per heavy atom. The molecule has 0 aliphatic rings. The summed E-state index contributed by atoms with van der Waals surface area (Å²) in [6.07, 6.45) is 0.970. The Morgan fingerprint density at radius 2 is 1.83 bits per heavy atom. The second-order valence-corrected chi connectivity index (χ2v) is 3.12. The monoisotopic (exact) mass is 176 g/mol. The zero-order valence-corrected chi connectivity index (χ0v) is 8.17. The Balaban J connectivity index is 3.53. The van der Waals surface area contributed by atoms with Gasteiger partial charge in [0.25, 0.3) is 0 Å². The predicted molar refractivity (Wildman–Crippen MR) is 48.6 cm³/mol. The third-order valence-corrected chi connectivity index (χ3v) is 1.74. The van der Waals surface area contributed by atoms with E-state index in [4.69, 9.17) is 15.3 Å². The molecule has 0 amide bonds. The van der Waals surface area contributed by atoms with Crippen molar-refractivity contribution in [2.24, 2.45) is 11.8 Å². The first-order valence-electron chi connectivity index (χ1n) is 4.18. The zero-order chi connectivity index (χ0) is 9.40. The van der Waals surface area contributed by atoms with Gasteiger partial charge in [-0.05, 0) is 12.3 Å².